The van der Waals surface area contributed by atoms with Gasteiger partial charge in [-0.25, -0.2) is 0 Å². The number of nitrogens with one attached hydrogen (secondary N) is 1. The Labute approximate surface area is 62.0 Å². The van der Waals surface area contributed by atoms with Gasteiger partial charge in [-0.15, -0.1) is 0 Å². The summed E-state index contributed by atoms with van der Waals surface area (Å²) in [5.41, 5.74) is 0. The standard InChI is InChI=1S/C8H15NO/c1-2-7-5-3-4-6-9-8(7)10/h7H,2-6H2,1H3,(H,9,10)/t7-/m0/s1. The van der Waals surface area contributed by atoms with Crippen molar-refractivity contribution in [3.8, 4) is 0 Å². The maximum absolute atomic E-state index is 11.1. The minimum Gasteiger partial charge on any atom is -0.356 e. The van der Waals surface area contributed by atoms with Crippen LogP contribution >= 0.6 is 0 Å². The van der Waals surface area contributed by atoms with Crippen molar-refractivity contribution in [2.75, 3.05) is 6.54 Å². The molecule has 0 saturated carbocycles. The molecule has 10 heavy (non-hydrogen) atoms. The molecule has 1 amide bonds. The molecule has 1 saturated heterocycles. The van der Waals surface area contributed by atoms with Gasteiger partial charge in [-0.3, -0.25) is 4.79 Å². The molecule has 0 radical (unpaired) electrons. The first kappa shape index (κ1) is 7.58. The Morgan fingerprint density at radius 3 is 3.10 bits per heavy atom. The van der Waals surface area contributed by atoms with Gasteiger partial charge in [0.15, 0.2) is 0 Å². The molecular weight excluding hydrogens is 126 g/mol. The lowest BCUT2D eigenvalue weighted by molar-refractivity contribution is -0.124. The van der Waals surface area contributed by atoms with Crippen LogP contribution in [0, 0.1) is 5.92 Å². The van der Waals surface area contributed by atoms with E-state index in [1.165, 1.54) is 6.42 Å². The van der Waals surface area contributed by atoms with Crippen molar-refractivity contribution < 1.29 is 4.79 Å². The Balaban J connectivity index is 2.43. The molecule has 2 nitrogen and oxygen atoms in total. The van der Waals surface area contributed by atoms with Crippen molar-refractivity contribution >= 4 is 5.91 Å². The Bertz CT molecular complexity index is 122. The summed E-state index contributed by atoms with van der Waals surface area (Å²) >= 11 is 0. The highest BCUT2D eigenvalue weighted by Crippen LogP contribution is 2.14. The fourth-order valence-electron chi connectivity index (χ4n) is 1.39. The molecule has 1 atom stereocenters. The summed E-state index contributed by atoms with van der Waals surface area (Å²) < 4.78 is 0. The number of rotatable bonds is 1. The molecule has 0 bridgehead atoms. The molecule has 58 valence electrons. The lowest BCUT2D eigenvalue weighted by Crippen LogP contribution is -2.28. The average molecular weight is 141 g/mol. The quantitative estimate of drug-likeness (QED) is 0.586. The monoisotopic (exact) mass is 141 g/mol. The summed E-state index contributed by atoms with van der Waals surface area (Å²) in [4.78, 5) is 11.1. The van der Waals surface area contributed by atoms with Crippen LogP contribution in [0.15, 0.2) is 0 Å². The van der Waals surface area contributed by atoms with Crippen LogP contribution in [0.3, 0.4) is 0 Å². The van der Waals surface area contributed by atoms with Crippen LogP contribution in [-0.4, -0.2) is 12.5 Å². The first-order valence-corrected chi connectivity index (χ1v) is 4.12. The van der Waals surface area contributed by atoms with E-state index in [0.717, 1.165) is 25.8 Å². The summed E-state index contributed by atoms with van der Waals surface area (Å²) in [5.74, 6) is 0.558. The zero-order chi connectivity index (χ0) is 7.40. The van der Waals surface area contributed by atoms with Crippen molar-refractivity contribution in [1.29, 1.82) is 0 Å². The van der Waals surface area contributed by atoms with Crippen LogP contribution in [0.25, 0.3) is 0 Å². The predicted octanol–water partition coefficient (Wildman–Crippen LogP) is 1.31. The van der Waals surface area contributed by atoms with Crippen LogP contribution in [0.2, 0.25) is 0 Å². The van der Waals surface area contributed by atoms with Gasteiger partial charge in [0.1, 0.15) is 0 Å². The fourth-order valence-corrected chi connectivity index (χ4v) is 1.39. The summed E-state index contributed by atoms with van der Waals surface area (Å²) in [7, 11) is 0. The van der Waals surface area contributed by atoms with Crippen molar-refractivity contribution in [3.05, 3.63) is 0 Å². The lowest BCUT2D eigenvalue weighted by Gasteiger charge is -2.08. The molecule has 0 aromatic carbocycles. The minimum atomic E-state index is 0.264. The number of amides is 1. The van der Waals surface area contributed by atoms with Gasteiger partial charge in [0.05, 0.1) is 0 Å². The van der Waals surface area contributed by atoms with Gasteiger partial charge in [0.25, 0.3) is 0 Å². The van der Waals surface area contributed by atoms with Gasteiger partial charge in [-0.1, -0.05) is 13.3 Å². The van der Waals surface area contributed by atoms with E-state index in [9.17, 15) is 4.79 Å². The Morgan fingerprint density at radius 1 is 1.60 bits per heavy atom. The molecule has 0 aliphatic carbocycles. The third kappa shape index (κ3) is 1.72. The summed E-state index contributed by atoms with van der Waals surface area (Å²) in [6.07, 6.45) is 4.44. The summed E-state index contributed by atoms with van der Waals surface area (Å²) in [6, 6.07) is 0. The van der Waals surface area contributed by atoms with Crippen LogP contribution in [0.5, 0.6) is 0 Å². The third-order valence-corrected chi connectivity index (χ3v) is 2.14. The largest absolute Gasteiger partial charge is 0.356 e. The van der Waals surface area contributed by atoms with E-state index in [-0.39, 0.29) is 5.91 Å². The van der Waals surface area contributed by atoms with E-state index >= 15 is 0 Å². The summed E-state index contributed by atoms with van der Waals surface area (Å²) in [6.45, 7) is 2.96. The Kier molecular flexibility index (Phi) is 2.72. The minimum absolute atomic E-state index is 0.264. The van der Waals surface area contributed by atoms with E-state index in [1.807, 2.05) is 0 Å². The molecular formula is C8H15NO. The highest BCUT2D eigenvalue weighted by atomic mass is 16.1. The molecule has 1 rings (SSSR count). The molecule has 1 aliphatic rings. The molecule has 2 heteroatoms. The second kappa shape index (κ2) is 3.59. The second-order valence-corrected chi connectivity index (χ2v) is 2.89. The highest BCUT2D eigenvalue weighted by Gasteiger charge is 2.17. The SMILES string of the molecule is CC[C@H]1CCCCNC1=O. The van der Waals surface area contributed by atoms with Crippen LogP contribution in [0.4, 0.5) is 0 Å². The van der Waals surface area contributed by atoms with Crippen LogP contribution in [0.1, 0.15) is 32.6 Å². The smallest absolute Gasteiger partial charge is 0.223 e. The van der Waals surface area contributed by atoms with E-state index in [0.29, 0.717) is 5.92 Å². The Morgan fingerprint density at radius 2 is 2.40 bits per heavy atom. The van der Waals surface area contributed by atoms with Crippen LogP contribution < -0.4 is 5.32 Å². The first-order chi connectivity index (χ1) is 4.84. The number of hydrogen-bond donors (Lipinski definition) is 1. The number of carbonyl (C=O) groups excluding carboxylic acids is 1. The van der Waals surface area contributed by atoms with Crippen molar-refractivity contribution in [3.63, 3.8) is 0 Å². The molecule has 1 heterocycles. The zero-order valence-electron chi connectivity index (χ0n) is 6.52. The topological polar surface area (TPSA) is 29.1 Å². The fraction of sp³-hybridized carbons (Fsp3) is 0.875. The maximum atomic E-state index is 11.1. The molecule has 1 N–H and O–H groups in total. The van der Waals surface area contributed by atoms with Gasteiger partial charge < -0.3 is 5.32 Å². The lowest BCUT2D eigenvalue weighted by atomic mass is 10.0. The average Bonchev–Trinajstić information content (AvgIpc) is 2.13. The zero-order valence-corrected chi connectivity index (χ0v) is 6.52. The van der Waals surface area contributed by atoms with Gasteiger partial charge in [-0.2, -0.15) is 0 Å². The molecule has 0 spiro atoms. The van der Waals surface area contributed by atoms with Crippen molar-refractivity contribution in [1.82, 2.24) is 5.32 Å². The van der Waals surface area contributed by atoms with Gasteiger partial charge in [-0.05, 0) is 19.3 Å². The van der Waals surface area contributed by atoms with Gasteiger partial charge in [0.2, 0.25) is 5.91 Å². The molecule has 1 aliphatic heterocycles. The molecule has 1 fully saturated rings. The normalized spacial score (nSPS) is 27.3. The van der Waals surface area contributed by atoms with Crippen LogP contribution in [-0.2, 0) is 4.79 Å². The van der Waals surface area contributed by atoms with Crippen molar-refractivity contribution in [2.45, 2.75) is 32.6 Å². The second-order valence-electron chi connectivity index (χ2n) is 2.89. The highest BCUT2D eigenvalue weighted by molar-refractivity contribution is 5.78. The number of carbonyl (C=O) groups is 1. The van der Waals surface area contributed by atoms with Gasteiger partial charge in [0, 0.05) is 12.5 Å². The predicted molar refractivity (Wildman–Crippen MR) is 40.6 cm³/mol. The maximum Gasteiger partial charge on any atom is 0.223 e. The molecule has 0 unspecified atom stereocenters. The third-order valence-electron chi connectivity index (χ3n) is 2.14. The first-order valence-electron chi connectivity index (χ1n) is 4.12. The van der Waals surface area contributed by atoms with E-state index in [4.69, 9.17) is 0 Å². The van der Waals surface area contributed by atoms with Crippen molar-refractivity contribution in [2.24, 2.45) is 5.92 Å². The van der Waals surface area contributed by atoms with E-state index < -0.39 is 0 Å². The van der Waals surface area contributed by atoms with E-state index in [1.54, 1.807) is 0 Å². The summed E-state index contributed by atoms with van der Waals surface area (Å²) in [5, 5.41) is 2.91. The Hall–Kier alpha value is -0.530. The molecule has 0 aromatic rings. The van der Waals surface area contributed by atoms with E-state index in [2.05, 4.69) is 12.2 Å². The van der Waals surface area contributed by atoms with Gasteiger partial charge >= 0.3 is 0 Å². The number of hydrogen-bond acceptors (Lipinski definition) is 1. The molecule has 0 aromatic heterocycles.